The molecule has 0 bridgehead atoms. The lowest BCUT2D eigenvalue weighted by Crippen LogP contribution is -2.54. The molecule has 1 N–H and O–H groups in total. The molecule has 0 saturated carbocycles. The zero-order valence-electron chi connectivity index (χ0n) is 12.1. The number of alkyl halides is 3. The highest BCUT2D eigenvalue weighted by molar-refractivity contribution is 5.26. The SMILES string of the molecule is CC(C)C1(Cc2ccc(C(F)(F)F)cc2)CCCCN1. The highest BCUT2D eigenvalue weighted by atomic mass is 19.4. The fourth-order valence-corrected chi connectivity index (χ4v) is 3.01. The number of rotatable bonds is 3. The molecule has 112 valence electrons. The molecule has 0 radical (unpaired) electrons. The van der Waals surface area contributed by atoms with Gasteiger partial charge in [0.25, 0.3) is 0 Å². The topological polar surface area (TPSA) is 12.0 Å². The molecule has 1 nitrogen and oxygen atoms in total. The van der Waals surface area contributed by atoms with Gasteiger partial charge in [-0.25, -0.2) is 0 Å². The Bertz CT molecular complexity index is 428. The van der Waals surface area contributed by atoms with E-state index in [-0.39, 0.29) is 5.54 Å². The van der Waals surface area contributed by atoms with Gasteiger partial charge in [0.1, 0.15) is 0 Å². The summed E-state index contributed by atoms with van der Waals surface area (Å²) in [7, 11) is 0. The van der Waals surface area contributed by atoms with Crippen molar-refractivity contribution in [3.05, 3.63) is 35.4 Å². The van der Waals surface area contributed by atoms with Crippen LogP contribution in [0.3, 0.4) is 0 Å². The summed E-state index contributed by atoms with van der Waals surface area (Å²) in [5.74, 6) is 0.463. The van der Waals surface area contributed by atoms with Crippen LogP contribution in [0.25, 0.3) is 0 Å². The van der Waals surface area contributed by atoms with E-state index in [9.17, 15) is 13.2 Å². The average molecular weight is 285 g/mol. The van der Waals surface area contributed by atoms with Gasteiger partial charge in [-0.2, -0.15) is 13.2 Å². The molecule has 0 aromatic heterocycles. The number of halogens is 3. The summed E-state index contributed by atoms with van der Waals surface area (Å²) in [6.45, 7) is 5.36. The Balaban J connectivity index is 2.15. The lowest BCUT2D eigenvalue weighted by atomic mass is 9.75. The molecule has 0 amide bonds. The van der Waals surface area contributed by atoms with Crippen LogP contribution in [-0.4, -0.2) is 12.1 Å². The van der Waals surface area contributed by atoms with E-state index in [1.165, 1.54) is 25.0 Å². The van der Waals surface area contributed by atoms with Crippen molar-refractivity contribution in [1.29, 1.82) is 0 Å². The van der Waals surface area contributed by atoms with E-state index in [0.717, 1.165) is 24.9 Å². The van der Waals surface area contributed by atoms with E-state index in [4.69, 9.17) is 0 Å². The van der Waals surface area contributed by atoms with Crippen LogP contribution in [0.2, 0.25) is 0 Å². The van der Waals surface area contributed by atoms with Crippen LogP contribution in [0.5, 0.6) is 0 Å². The first kappa shape index (κ1) is 15.4. The van der Waals surface area contributed by atoms with Crippen molar-refractivity contribution < 1.29 is 13.2 Å². The number of nitrogens with one attached hydrogen (secondary N) is 1. The molecule has 2 rings (SSSR count). The highest BCUT2D eigenvalue weighted by Crippen LogP contribution is 2.33. The minimum atomic E-state index is -4.25. The average Bonchev–Trinajstić information content (AvgIpc) is 2.39. The Labute approximate surface area is 118 Å². The zero-order chi connectivity index (χ0) is 14.8. The Morgan fingerprint density at radius 2 is 1.80 bits per heavy atom. The summed E-state index contributed by atoms with van der Waals surface area (Å²) < 4.78 is 37.7. The van der Waals surface area contributed by atoms with E-state index < -0.39 is 11.7 Å². The minimum absolute atomic E-state index is 0.0258. The van der Waals surface area contributed by atoms with Gasteiger partial charge in [0.2, 0.25) is 0 Å². The van der Waals surface area contributed by atoms with Crippen LogP contribution in [0.4, 0.5) is 13.2 Å². The van der Waals surface area contributed by atoms with E-state index in [2.05, 4.69) is 19.2 Å². The molecule has 4 heteroatoms. The van der Waals surface area contributed by atoms with Gasteiger partial charge in [0, 0.05) is 5.54 Å². The van der Waals surface area contributed by atoms with Crippen LogP contribution in [0.15, 0.2) is 24.3 Å². The first-order valence-electron chi connectivity index (χ1n) is 7.25. The normalized spacial score (nSPS) is 24.1. The molecular weight excluding hydrogens is 263 g/mol. The van der Waals surface area contributed by atoms with E-state index >= 15 is 0 Å². The molecule has 20 heavy (non-hydrogen) atoms. The van der Waals surface area contributed by atoms with E-state index in [1.54, 1.807) is 12.1 Å². The van der Waals surface area contributed by atoms with Crippen LogP contribution in [-0.2, 0) is 12.6 Å². The quantitative estimate of drug-likeness (QED) is 0.867. The second kappa shape index (κ2) is 5.76. The Morgan fingerprint density at radius 3 is 2.25 bits per heavy atom. The first-order chi connectivity index (χ1) is 9.33. The highest BCUT2D eigenvalue weighted by Gasteiger charge is 2.35. The van der Waals surface area contributed by atoms with Gasteiger partial charge in [-0.15, -0.1) is 0 Å². The molecule has 1 aromatic carbocycles. The number of hydrogen-bond donors (Lipinski definition) is 1. The number of piperidine rings is 1. The maximum absolute atomic E-state index is 12.6. The molecule has 1 aliphatic heterocycles. The molecule has 0 aliphatic carbocycles. The van der Waals surface area contributed by atoms with Crippen LogP contribution >= 0.6 is 0 Å². The van der Waals surface area contributed by atoms with Gasteiger partial charge >= 0.3 is 6.18 Å². The molecule has 1 atom stereocenters. The summed E-state index contributed by atoms with van der Waals surface area (Å²) >= 11 is 0. The fourth-order valence-electron chi connectivity index (χ4n) is 3.01. The molecule has 1 aliphatic rings. The molecule has 1 heterocycles. The summed E-state index contributed by atoms with van der Waals surface area (Å²) in [6, 6.07) is 5.60. The van der Waals surface area contributed by atoms with Crippen LogP contribution in [0, 0.1) is 5.92 Å². The van der Waals surface area contributed by atoms with Crippen molar-refractivity contribution >= 4 is 0 Å². The Morgan fingerprint density at radius 1 is 1.15 bits per heavy atom. The smallest absolute Gasteiger partial charge is 0.311 e. The third-order valence-electron chi connectivity index (χ3n) is 4.43. The fraction of sp³-hybridized carbons (Fsp3) is 0.625. The zero-order valence-corrected chi connectivity index (χ0v) is 12.1. The minimum Gasteiger partial charge on any atom is -0.311 e. The summed E-state index contributed by atoms with van der Waals surface area (Å²) in [4.78, 5) is 0. The summed E-state index contributed by atoms with van der Waals surface area (Å²) in [5, 5.41) is 3.60. The number of benzene rings is 1. The third kappa shape index (κ3) is 3.35. The van der Waals surface area contributed by atoms with Crippen molar-refractivity contribution in [2.24, 2.45) is 5.92 Å². The van der Waals surface area contributed by atoms with Crippen molar-refractivity contribution in [1.82, 2.24) is 5.32 Å². The molecular formula is C16H22F3N. The standard InChI is InChI=1S/C16H22F3N/c1-12(2)15(9-3-4-10-20-15)11-13-5-7-14(8-6-13)16(17,18)19/h5-8,12,20H,3-4,9-11H2,1-2H3. The molecule has 1 aromatic rings. The molecule has 1 fully saturated rings. The van der Waals surface area contributed by atoms with Gasteiger partial charge in [0.05, 0.1) is 5.56 Å². The lowest BCUT2D eigenvalue weighted by Gasteiger charge is -2.42. The van der Waals surface area contributed by atoms with Crippen molar-refractivity contribution in [3.63, 3.8) is 0 Å². The Hall–Kier alpha value is -1.03. The monoisotopic (exact) mass is 285 g/mol. The summed E-state index contributed by atoms with van der Waals surface area (Å²) in [5.41, 5.74) is 0.426. The molecule has 1 saturated heterocycles. The Kier molecular flexibility index (Phi) is 4.43. The number of hydrogen-bond acceptors (Lipinski definition) is 1. The van der Waals surface area contributed by atoms with Crippen LogP contribution in [0.1, 0.15) is 44.2 Å². The molecule has 0 spiro atoms. The van der Waals surface area contributed by atoms with Gasteiger partial charge in [-0.05, 0) is 49.4 Å². The second-order valence-electron chi connectivity index (χ2n) is 6.07. The maximum atomic E-state index is 12.6. The van der Waals surface area contributed by atoms with Gasteiger partial charge in [-0.3, -0.25) is 0 Å². The van der Waals surface area contributed by atoms with E-state index in [0.29, 0.717) is 5.92 Å². The van der Waals surface area contributed by atoms with Gasteiger partial charge < -0.3 is 5.32 Å². The van der Waals surface area contributed by atoms with Crippen molar-refractivity contribution in [3.8, 4) is 0 Å². The van der Waals surface area contributed by atoms with Crippen molar-refractivity contribution in [2.75, 3.05) is 6.54 Å². The van der Waals surface area contributed by atoms with Gasteiger partial charge in [0.15, 0.2) is 0 Å². The van der Waals surface area contributed by atoms with Crippen LogP contribution < -0.4 is 5.32 Å². The maximum Gasteiger partial charge on any atom is 0.416 e. The summed E-state index contributed by atoms with van der Waals surface area (Å²) in [6.07, 6.45) is -0.000851. The third-order valence-corrected chi connectivity index (χ3v) is 4.43. The molecule has 1 unspecified atom stereocenters. The predicted octanol–water partition coefficient (Wildman–Crippen LogP) is 4.42. The predicted molar refractivity (Wildman–Crippen MR) is 74.6 cm³/mol. The second-order valence-corrected chi connectivity index (χ2v) is 6.07. The lowest BCUT2D eigenvalue weighted by molar-refractivity contribution is -0.137. The van der Waals surface area contributed by atoms with E-state index in [1.807, 2.05) is 0 Å². The van der Waals surface area contributed by atoms with Gasteiger partial charge in [-0.1, -0.05) is 32.4 Å². The largest absolute Gasteiger partial charge is 0.416 e. The first-order valence-corrected chi connectivity index (χ1v) is 7.25. The van der Waals surface area contributed by atoms with Crippen molar-refractivity contribution in [2.45, 2.75) is 51.2 Å².